The monoisotopic (exact) mass is 240 g/mol. The Morgan fingerprint density at radius 1 is 1.56 bits per heavy atom. The van der Waals surface area contributed by atoms with Gasteiger partial charge in [-0.15, -0.1) is 11.8 Å². The van der Waals surface area contributed by atoms with Crippen molar-refractivity contribution in [3.8, 4) is 0 Å². The summed E-state index contributed by atoms with van der Waals surface area (Å²) < 4.78 is 4.97. The van der Waals surface area contributed by atoms with Crippen LogP contribution in [0.3, 0.4) is 0 Å². The zero-order chi connectivity index (χ0) is 12.0. The van der Waals surface area contributed by atoms with Crippen LogP contribution in [-0.2, 0) is 4.74 Å². The number of nitrogens with one attached hydrogen (secondary N) is 1. The molecule has 0 saturated heterocycles. The van der Waals surface area contributed by atoms with Crippen LogP contribution in [0.1, 0.15) is 10.4 Å². The van der Waals surface area contributed by atoms with E-state index in [1.54, 1.807) is 38.1 Å². The van der Waals surface area contributed by atoms with Gasteiger partial charge in [0.05, 0.1) is 12.2 Å². The topological polar surface area (TPSA) is 64.4 Å². The van der Waals surface area contributed by atoms with Gasteiger partial charge in [-0.25, -0.2) is 0 Å². The van der Waals surface area contributed by atoms with Crippen molar-refractivity contribution in [1.82, 2.24) is 5.32 Å². The van der Waals surface area contributed by atoms with Crippen LogP contribution in [0.25, 0.3) is 0 Å². The molecular weight excluding hydrogens is 224 g/mol. The second-order valence-electron chi connectivity index (χ2n) is 3.18. The van der Waals surface area contributed by atoms with E-state index in [0.717, 1.165) is 10.6 Å². The molecule has 1 aromatic rings. The Labute approximate surface area is 99.5 Å². The van der Waals surface area contributed by atoms with E-state index in [1.807, 2.05) is 6.07 Å². The lowest BCUT2D eigenvalue weighted by Gasteiger charge is -2.08. The van der Waals surface area contributed by atoms with Crippen molar-refractivity contribution in [1.29, 1.82) is 0 Å². The molecule has 0 atom stereocenters. The van der Waals surface area contributed by atoms with Crippen molar-refractivity contribution in [3.05, 3.63) is 23.8 Å². The van der Waals surface area contributed by atoms with Crippen molar-refractivity contribution in [2.24, 2.45) is 0 Å². The first-order valence-electron chi connectivity index (χ1n) is 4.92. The molecule has 0 radical (unpaired) electrons. The number of ether oxygens (including phenoxy) is 1. The standard InChI is InChI=1S/C11H16N2O2S/c1-13-11(14)9-4-3-8(12)7-10(9)16-6-5-15-2/h3-4,7H,5-6,12H2,1-2H3,(H,13,14). The summed E-state index contributed by atoms with van der Waals surface area (Å²) in [6.07, 6.45) is 0. The first-order valence-corrected chi connectivity index (χ1v) is 5.91. The molecule has 0 heterocycles. The summed E-state index contributed by atoms with van der Waals surface area (Å²) in [6, 6.07) is 5.28. The maximum absolute atomic E-state index is 11.6. The number of carbonyl (C=O) groups excluding carboxylic acids is 1. The Hall–Kier alpha value is -1.20. The van der Waals surface area contributed by atoms with Crippen molar-refractivity contribution in [3.63, 3.8) is 0 Å². The number of nitrogen functional groups attached to an aromatic ring is 1. The van der Waals surface area contributed by atoms with Gasteiger partial charge in [0.15, 0.2) is 0 Å². The highest BCUT2D eigenvalue weighted by molar-refractivity contribution is 7.99. The average Bonchev–Trinajstić information content (AvgIpc) is 2.29. The van der Waals surface area contributed by atoms with Gasteiger partial charge >= 0.3 is 0 Å². The summed E-state index contributed by atoms with van der Waals surface area (Å²) in [4.78, 5) is 12.5. The molecule has 0 saturated carbocycles. The highest BCUT2D eigenvalue weighted by atomic mass is 32.2. The number of hydrogen-bond donors (Lipinski definition) is 2. The van der Waals surface area contributed by atoms with Crippen LogP contribution in [0.15, 0.2) is 23.1 Å². The molecule has 1 amide bonds. The number of amides is 1. The Bertz CT molecular complexity index is 369. The second kappa shape index (κ2) is 6.40. The fourth-order valence-electron chi connectivity index (χ4n) is 1.22. The lowest BCUT2D eigenvalue weighted by Crippen LogP contribution is -2.18. The van der Waals surface area contributed by atoms with Crippen LogP contribution in [0, 0.1) is 0 Å². The van der Waals surface area contributed by atoms with E-state index in [4.69, 9.17) is 10.5 Å². The zero-order valence-electron chi connectivity index (χ0n) is 9.45. The van der Waals surface area contributed by atoms with Gasteiger partial charge < -0.3 is 15.8 Å². The molecule has 0 unspecified atom stereocenters. The Balaban J connectivity index is 2.85. The van der Waals surface area contributed by atoms with E-state index in [1.165, 1.54) is 0 Å². The fraction of sp³-hybridized carbons (Fsp3) is 0.364. The van der Waals surface area contributed by atoms with Crippen LogP contribution in [0.4, 0.5) is 5.69 Å². The van der Waals surface area contributed by atoms with Crippen molar-refractivity contribution < 1.29 is 9.53 Å². The van der Waals surface area contributed by atoms with E-state index < -0.39 is 0 Å². The number of anilines is 1. The number of rotatable bonds is 5. The third kappa shape index (κ3) is 3.43. The van der Waals surface area contributed by atoms with Crippen molar-refractivity contribution >= 4 is 23.4 Å². The number of carbonyl (C=O) groups is 1. The summed E-state index contributed by atoms with van der Waals surface area (Å²) in [5.41, 5.74) is 7.01. The molecule has 0 aromatic heterocycles. The number of methoxy groups -OCH3 is 1. The summed E-state index contributed by atoms with van der Waals surface area (Å²) in [5.74, 6) is 0.698. The molecule has 3 N–H and O–H groups in total. The predicted octanol–water partition coefficient (Wildman–Crippen LogP) is 1.37. The number of hydrogen-bond acceptors (Lipinski definition) is 4. The van der Waals surface area contributed by atoms with Gasteiger partial charge in [-0.3, -0.25) is 4.79 Å². The van der Waals surface area contributed by atoms with Crippen molar-refractivity contribution in [2.75, 3.05) is 32.3 Å². The minimum absolute atomic E-state index is 0.0973. The van der Waals surface area contributed by atoms with Gasteiger partial charge in [0.2, 0.25) is 0 Å². The van der Waals surface area contributed by atoms with E-state index in [0.29, 0.717) is 17.9 Å². The minimum atomic E-state index is -0.0973. The average molecular weight is 240 g/mol. The molecule has 0 aliphatic rings. The Morgan fingerprint density at radius 2 is 2.31 bits per heavy atom. The zero-order valence-corrected chi connectivity index (χ0v) is 10.3. The molecule has 4 nitrogen and oxygen atoms in total. The van der Waals surface area contributed by atoms with Gasteiger partial charge in [0.1, 0.15) is 0 Å². The fourth-order valence-corrected chi connectivity index (χ4v) is 2.22. The molecule has 0 aliphatic carbocycles. The van der Waals surface area contributed by atoms with Gasteiger partial charge in [0, 0.05) is 30.5 Å². The molecule has 0 bridgehead atoms. The molecule has 0 fully saturated rings. The first-order chi connectivity index (χ1) is 7.69. The largest absolute Gasteiger partial charge is 0.399 e. The molecule has 5 heteroatoms. The molecule has 1 aromatic carbocycles. The Morgan fingerprint density at radius 3 is 2.94 bits per heavy atom. The molecule has 16 heavy (non-hydrogen) atoms. The maximum atomic E-state index is 11.6. The smallest absolute Gasteiger partial charge is 0.252 e. The van der Waals surface area contributed by atoms with E-state index in [2.05, 4.69) is 5.32 Å². The highest BCUT2D eigenvalue weighted by Crippen LogP contribution is 2.25. The lowest BCUT2D eigenvalue weighted by molar-refractivity contribution is 0.0960. The van der Waals surface area contributed by atoms with Gasteiger partial charge in [0.25, 0.3) is 5.91 Å². The molecule has 0 aliphatic heterocycles. The van der Waals surface area contributed by atoms with Crippen LogP contribution in [0.5, 0.6) is 0 Å². The van der Waals surface area contributed by atoms with Crippen LogP contribution in [0.2, 0.25) is 0 Å². The first kappa shape index (κ1) is 12.9. The molecule has 88 valence electrons. The highest BCUT2D eigenvalue weighted by Gasteiger charge is 2.10. The maximum Gasteiger partial charge on any atom is 0.252 e. The predicted molar refractivity (Wildman–Crippen MR) is 66.8 cm³/mol. The van der Waals surface area contributed by atoms with Gasteiger partial charge in [-0.05, 0) is 18.2 Å². The normalized spacial score (nSPS) is 10.1. The molecular formula is C11H16N2O2S. The van der Waals surface area contributed by atoms with E-state index in [-0.39, 0.29) is 5.91 Å². The third-order valence-electron chi connectivity index (χ3n) is 2.02. The van der Waals surface area contributed by atoms with Crippen molar-refractivity contribution in [2.45, 2.75) is 4.90 Å². The summed E-state index contributed by atoms with van der Waals surface area (Å²) in [5, 5.41) is 2.61. The summed E-state index contributed by atoms with van der Waals surface area (Å²) in [7, 11) is 3.27. The van der Waals surface area contributed by atoms with Crippen LogP contribution < -0.4 is 11.1 Å². The van der Waals surface area contributed by atoms with Crippen LogP contribution >= 0.6 is 11.8 Å². The Kier molecular flexibility index (Phi) is 5.14. The third-order valence-corrected chi connectivity index (χ3v) is 3.04. The summed E-state index contributed by atoms with van der Waals surface area (Å²) >= 11 is 1.56. The number of thioether (sulfide) groups is 1. The SMILES string of the molecule is CNC(=O)c1ccc(N)cc1SCCOC. The van der Waals surface area contributed by atoms with E-state index >= 15 is 0 Å². The quantitative estimate of drug-likeness (QED) is 0.463. The number of nitrogens with two attached hydrogens (primary N) is 1. The molecule has 1 rings (SSSR count). The second-order valence-corrected chi connectivity index (χ2v) is 4.31. The van der Waals surface area contributed by atoms with Crippen LogP contribution in [-0.4, -0.2) is 32.4 Å². The molecule has 0 spiro atoms. The van der Waals surface area contributed by atoms with E-state index in [9.17, 15) is 4.79 Å². The van der Waals surface area contributed by atoms with Gasteiger partial charge in [-0.2, -0.15) is 0 Å². The van der Waals surface area contributed by atoms with Gasteiger partial charge in [-0.1, -0.05) is 0 Å². The summed E-state index contributed by atoms with van der Waals surface area (Å²) in [6.45, 7) is 0.645. The number of benzene rings is 1. The minimum Gasteiger partial charge on any atom is -0.399 e. The lowest BCUT2D eigenvalue weighted by atomic mass is 10.2.